The van der Waals surface area contributed by atoms with E-state index >= 15 is 4.11 Å². The lowest BCUT2D eigenvalue weighted by molar-refractivity contribution is -0.274. The molecule has 1 spiro atoms. The number of hydrogen-bond donors (Lipinski definition) is 6. The lowest BCUT2D eigenvalue weighted by Crippen LogP contribution is -2.60. The highest BCUT2D eigenvalue weighted by Gasteiger charge is 2.67. The molecule has 9 atom stereocenters. The summed E-state index contributed by atoms with van der Waals surface area (Å²) in [6, 6.07) is 20.8. The van der Waals surface area contributed by atoms with Crippen LogP contribution in [0.1, 0.15) is 30.0 Å². The van der Waals surface area contributed by atoms with Gasteiger partial charge in [-0.25, -0.2) is 0 Å². The number of carbonyl (C=O) groups excluding carboxylic acids is 3. The van der Waals surface area contributed by atoms with E-state index in [-0.39, 0.29) is 44.3 Å². The highest BCUT2D eigenvalue weighted by atomic mass is 35.5. The summed E-state index contributed by atoms with van der Waals surface area (Å²) in [5, 5.41) is 52.7. The Kier molecular flexibility index (Phi) is 11.6. The highest BCUT2D eigenvalue weighted by molar-refractivity contribution is 6.72. The number of carbonyl (C=O) groups is 3. The Balaban J connectivity index is 1.27. The fourth-order valence-corrected chi connectivity index (χ4v) is 10.8. The Morgan fingerprint density at radius 1 is 0.981 bits per heavy atom. The van der Waals surface area contributed by atoms with E-state index < -0.39 is 74.1 Å². The van der Waals surface area contributed by atoms with Crippen molar-refractivity contribution >= 4 is 49.1 Å². The number of aliphatic hydroxyl groups is 5. The van der Waals surface area contributed by atoms with E-state index in [1.807, 2.05) is 30.3 Å². The second-order valence-corrected chi connectivity index (χ2v) is 18.9. The van der Waals surface area contributed by atoms with E-state index in [0.29, 0.717) is 21.8 Å². The van der Waals surface area contributed by atoms with Gasteiger partial charge in [0.2, 0.25) is 14.3 Å². The number of amides is 3. The number of benzene rings is 3. The normalized spacial score (nSPS) is 29.4. The van der Waals surface area contributed by atoms with Crippen LogP contribution in [-0.4, -0.2) is 107 Å². The zero-order valence-corrected chi connectivity index (χ0v) is 31.8. The maximum atomic E-state index is 16.4. The Morgan fingerprint density at radius 2 is 1.69 bits per heavy atom. The largest absolute Gasteiger partial charge is 0.395 e. The number of anilines is 2. The molecule has 54 heavy (non-hydrogen) atoms. The number of halogens is 2. The van der Waals surface area contributed by atoms with Crippen LogP contribution in [0.3, 0.4) is 0 Å². The van der Waals surface area contributed by atoms with Gasteiger partial charge in [-0.15, -0.1) is 0 Å². The molecular weight excluding hydrogens is 741 g/mol. The van der Waals surface area contributed by atoms with Gasteiger partial charge in [0.15, 0.2) is 18.0 Å². The summed E-state index contributed by atoms with van der Waals surface area (Å²) in [7, 11) is -3.62. The van der Waals surface area contributed by atoms with Crippen LogP contribution in [0, 0.1) is 5.92 Å². The van der Waals surface area contributed by atoms with Crippen molar-refractivity contribution in [2.24, 2.45) is 5.92 Å². The van der Waals surface area contributed by atoms with E-state index in [0.717, 1.165) is 5.56 Å². The number of rotatable bonds is 11. The monoisotopic (exact) mass is 785 g/mol. The van der Waals surface area contributed by atoms with E-state index in [1.165, 1.54) is 9.80 Å². The lowest BCUT2D eigenvalue weighted by atomic mass is 9.82. The molecule has 2 saturated heterocycles. The second-order valence-electron chi connectivity index (χ2n) is 14.7. The molecule has 3 aromatic rings. The fourth-order valence-electron chi connectivity index (χ4n) is 8.12. The molecule has 6 N–H and O–H groups in total. The Labute approximate surface area is 318 Å². The zero-order valence-electron chi connectivity index (χ0n) is 30.0. The standard InChI is InChI=1S/C38H45ClFN3O10Si/c1-21-34(54(2,3)40)28(18-29(45)42(14-15-44)19-22-8-5-4-6-9-22)53-38(21)26-17-24(39)12-13-27(26)43(37(38)51)20-23-10-7-11-25(16-23)41-35(49)33-31(47)30(46)32(48)36(50)52-33/h4-13,16-17,21,28,30-34,36,44,46-48,50H,14-15,18-20H2,1-3H3,(H,41,49)/t21-,28+,30-,31-,32+,33-,34-,36+,38+/m0/s1. The smallest absolute Gasteiger partial charge is 0.264 e. The molecular formula is C38H45ClFN3O10Si. The van der Waals surface area contributed by atoms with Crippen LogP contribution in [0.5, 0.6) is 0 Å². The van der Waals surface area contributed by atoms with Crippen LogP contribution < -0.4 is 10.2 Å². The molecule has 13 nitrogen and oxygen atoms in total. The van der Waals surface area contributed by atoms with Crippen molar-refractivity contribution in [3.8, 4) is 0 Å². The van der Waals surface area contributed by atoms with Gasteiger partial charge in [0.05, 0.1) is 31.4 Å². The molecule has 2 fully saturated rings. The van der Waals surface area contributed by atoms with E-state index in [2.05, 4.69) is 5.32 Å². The number of hydrogen-bond acceptors (Lipinski definition) is 10. The molecule has 290 valence electrons. The van der Waals surface area contributed by atoms with E-state index in [9.17, 15) is 39.9 Å². The minimum absolute atomic E-state index is 0.00670. The molecule has 3 aliphatic rings. The fraction of sp³-hybridized carbons (Fsp3) is 0.447. The first kappa shape index (κ1) is 39.9. The van der Waals surface area contributed by atoms with Gasteiger partial charge in [0, 0.05) is 40.8 Å². The minimum Gasteiger partial charge on any atom is -0.395 e. The van der Waals surface area contributed by atoms with Gasteiger partial charge < -0.3 is 54.2 Å². The summed E-state index contributed by atoms with van der Waals surface area (Å²) in [5.41, 5.74) is 0.182. The first-order chi connectivity index (χ1) is 25.6. The third-order valence-corrected chi connectivity index (χ3v) is 13.3. The SMILES string of the molecule is C[C@H]1[C@H]([Si](C)(C)F)[C@@H](CC(=O)N(CCO)Cc2ccccc2)O[C@]12C(=O)N(Cc1cccc(NC(=O)[C@H]3O[C@@H](O)[C@H](O)[C@@H](O)[C@@H]3O)c1)c1ccc(Cl)cc12. The van der Waals surface area contributed by atoms with Gasteiger partial charge in [0.25, 0.3) is 11.8 Å². The van der Waals surface area contributed by atoms with Crippen molar-refractivity contribution in [1.82, 2.24) is 4.90 Å². The van der Waals surface area contributed by atoms with Crippen LogP contribution in [0.15, 0.2) is 72.8 Å². The van der Waals surface area contributed by atoms with Crippen molar-refractivity contribution in [3.05, 3.63) is 94.5 Å². The van der Waals surface area contributed by atoms with Gasteiger partial charge in [-0.1, -0.05) is 61.0 Å². The third-order valence-electron chi connectivity index (χ3n) is 10.6. The summed E-state index contributed by atoms with van der Waals surface area (Å²) in [6.07, 6.45) is -10.2. The van der Waals surface area contributed by atoms with Gasteiger partial charge in [-0.2, -0.15) is 0 Å². The Bertz CT molecular complexity index is 1870. The van der Waals surface area contributed by atoms with Crippen molar-refractivity contribution in [2.45, 2.75) is 87.5 Å². The van der Waals surface area contributed by atoms with E-state index in [4.69, 9.17) is 21.1 Å². The van der Waals surface area contributed by atoms with Crippen molar-refractivity contribution in [3.63, 3.8) is 0 Å². The molecule has 0 aliphatic carbocycles. The predicted octanol–water partition coefficient (Wildman–Crippen LogP) is 2.81. The van der Waals surface area contributed by atoms with Crippen LogP contribution in [-0.2, 0) is 42.5 Å². The van der Waals surface area contributed by atoms with Crippen molar-refractivity contribution in [1.29, 1.82) is 0 Å². The van der Waals surface area contributed by atoms with Crippen LogP contribution in [0.4, 0.5) is 15.5 Å². The maximum absolute atomic E-state index is 16.4. The third kappa shape index (κ3) is 7.57. The molecule has 0 aromatic heterocycles. The quantitative estimate of drug-likeness (QED) is 0.125. The Morgan fingerprint density at radius 3 is 2.37 bits per heavy atom. The first-order valence-corrected chi connectivity index (χ1v) is 21.1. The topological polar surface area (TPSA) is 189 Å². The lowest BCUT2D eigenvalue weighted by Gasteiger charge is -2.37. The van der Waals surface area contributed by atoms with Gasteiger partial charge >= 0.3 is 0 Å². The molecule has 0 radical (unpaired) electrons. The summed E-state index contributed by atoms with van der Waals surface area (Å²) >= 11 is 6.51. The van der Waals surface area contributed by atoms with Crippen LogP contribution in [0.25, 0.3) is 0 Å². The van der Waals surface area contributed by atoms with Crippen LogP contribution in [0.2, 0.25) is 23.7 Å². The van der Waals surface area contributed by atoms with Crippen LogP contribution >= 0.6 is 11.6 Å². The molecule has 3 aliphatic heterocycles. The highest BCUT2D eigenvalue weighted by Crippen LogP contribution is 2.60. The number of nitrogens with one attached hydrogen (secondary N) is 1. The number of nitrogens with zero attached hydrogens (tertiary/aromatic N) is 2. The summed E-state index contributed by atoms with van der Waals surface area (Å²) in [5.74, 6) is -2.39. The molecule has 6 rings (SSSR count). The summed E-state index contributed by atoms with van der Waals surface area (Å²) in [4.78, 5) is 44.7. The average molecular weight is 786 g/mol. The number of aliphatic hydroxyl groups excluding tert-OH is 5. The predicted molar refractivity (Wildman–Crippen MR) is 198 cm³/mol. The first-order valence-electron chi connectivity index (χ1n) is 17.8. The minimum atomic E-state index is -3.62. The summed E-state index contributed by atoms with van der Waals surface area (Å²) in [6.45, 7) is 4.88. The molecule has 3 amide bonds. The van der Waals surface area contributed by atoms with Crippen molar-refractivity contribution < 1.29 is 53.5 Å². The second kappa shape index (κ2) is 15.8. The summed E-state index contributed by atoms with van der Waals surface area (Å²) < 4.78 is 28.2. The molecule has 16 heteroatoms. The zero-order chi connectivity index (χ0) is 39.1. The molecule has 0 unspecified atom stereocenters. The Hall–Kier alpha value is -3.77. The van der Waals surface area contributed by atoms with Gasteiger partial charge in [-0.3, -0.25) is 14.4 Å². The molecule has 0 saturated carbocycles. The number of ether oxygens (including phenoxy) is 2. The molecule has 3 aromatic carbocycles. The maximum Gasteiger partial charge on any atom is 0.264 e. The van der Waals surface area contributed by atoms with E-state index in [1.54, 1.807) is 62.5 Å². The molecule has 3 heterocycles. The van der Waals surface area contributed by atoms with Gasteiger partial charge in [0.1, 0.15) is 18.3 Å². The molecule has 0 bridgehead atoms. The van der Waals surface area contributed by atoms with Gasteiger partial charge in [-0.05, 0) is 54.6 Å². The average Bonchev–Trinajstić information content (AvgIpc) is 3.54. The number of fused-ring (bicyclic) bond motifs is 2. The van der Waals surface area contributed by atoms with Crippen molar-refractivity contribution in [2.75, 3.05) is 23.4 Å².